The van der Waals surface area contributed by atoms with Crippen molar-refractivity contribution in [2.45, 2.75) is 13.8 Å². The van der Waals surface area contributed by atoms with Gasteiger partial charge in [-0.15, -0.1) is 0 Å². The number of hydrogen-bond acceptors (Lipinski definition) is 3. The summed E-state index contributed by atoms with van der Waals surface area (Å²) in [6, 6.07) is 9.64. The Morgan fingerprint density at radius 2 is 1.84 bits per heavy atom. The van der Waals surface area contributed by atoms with Gasteiger partial charge < -0.3 is 15.8 Å². The van der Waals surface area contributed by atoms with Crippen molar-refractivity contribution in [3.8, 4) is 5.75 Å². The number of nitrogens with one attached hydrogen (secondary N) is 1. The van der Waals surface area contributed by atoms with E-state index in [1.165, 1.54) is 0 Å². The maximum Gasteiger partial charge on any atom is 0.121 e. The first-order chi connectivity index (χ1) is 9.01. The summed E-state index contributed by atoms with van der Waals surface area (Å²) >= 11 is 6.05. The number of ether oxygens (including phenoxy) is 1. The molecular weight excluding hydrogens is 260 g/mol. The second-order valence-electron chi connectivity index (χ2n) is 4.50. The average Bonchev–Trinajstić information content (AvgIpc) is 2.36. The van der Waals surface area contributed by atoms with Crippen LogP contribution in [0.2, 0.25) is 5.02 Å². The lowest BCUT2D eigenvalue weighted by Gasteiger charge is -2.13. The van der Waals surface area contributed by atoms with Crippen molar-refractivity contribution >= 4 is 28.7 Å². The van der Waals surface area contributed by atoms with Crippen LogP contribution in [0.25, 0.3) is 0 Å². The molecule has 100 valence electrons. The molecule has 0 saturated heterocycles. The Balaban J connectivity index is 2.31. The van der Waals surface area contributed by atoms with E-state index in [2.05, 4.69) is 5.32 Å². The molecule has 0 amide bonds. The summed E-state index contributed by atoms with van der Waals surface area (Å²) in [4.78, 5) is 0. The summed E-state index contributed by atoms with van der Waals surface area (Å²) in [5.41, 5.74) is 10.4. The highest BCUT2D eigenvalue weighted by molar-refractivity contribution is 6.33. The van der Waals surface area contributed by atoms with Crippen LogP contribution in [-0.2, 0) is 0 Å². The van der Waals surface area contributed by atoms with Gasteiger partial charge in [-0.1, -0.05) is 11.6 Å². The molecule has 3 N–H and O–H groups in total. The van der Waals surface area contributed by atoms with E-state index in [4.69, 9.17) is 22.1 Å². The van der Waals surface area contributed by atoms with Crippen molar-refractivity contribution in [1.29, 1.82) is 0 Å². The molecule has 0 bridgehead atoms. The number of nitrogens with two attached hydrogens (primary N) is 1. The van der Waals surface area contributed by atoms with Crippen molar-refractivity contribution in [2.24, 2.45) is 0 Å². The number of halogens is 1. The van der Waals surface area contributed by atoms with E-state index in [-0.39, 0.29) is 0 Å². The first kappa shape index (κ1) is 13.6. The van der Waals surface area contributed by atoms with Crippen molar-refractivity contribution in [2.75, 3.05) is 18.2 Å². The zero-order valence-electron chi connectivity index (χ0n) is 11.3. The monoisotopic (exact) mass is 276 g/mol. The fourth-order valence-electron chi connectivity index (χ4n) is 1.95. The minimum absolute atomic E-state index is 0.554. The molecule has 0 aliphatic rings. The van der Waals surface area contributed by atoms with E-state index in [0.717, 1.165) is 28.3 Å². The van der Waals surface area contributed by atoms with E-state index >= 15 is 0 Å². The highest BCUT2D eigenvalue weighted by Crippen LogP contribution is 2.30. The Hall–Kier alpha value is -1.87. The molecule has 0 unspecified atom stereocenters. The van der Waals surface area contributed by atoms with Gasteiger partial charge in [-0.3, -0.25) is 0 Å². The Kier molecular flexibility index (Phi) is 3.86. The first-order valence-corrected chi connectivity index (χ1v) is 6.36. The second-order valence-corrected chi connectivity index (χ2v) is 4.91. The van der Waals surface area contributed by atoms with Gasteiger partial charge in [0.1, 0.15) is 5.75 Å². The molecule has 3 nitrogen and oxygen atoms in total. The molecule has 0 saturated carbocycles. The third kappa shape index (κ3) is 2.93. The van der Waals surface area contributed by atoms with Crippen molar-refractivity contribution < 1.29 is 4.74 Å². The fourth-order valence-corrected chi connectivity index (χ4v) is 2.11. The van der Waals surface area contributed by atoms with E-state index in [0.29, 0.717) is 10.7 Å². The van der Waals surface area contributed by atoms with Gasteiger partial charge in [0.25, 0.3) is 0 Å². The molecule has 0 aliphatic carbocycles. The molecule has 0 spiro atoms. The molecule has 4 heteroatoms. The van der Waals surface area contributed by atoms with Gasteiger partial charge >= 0.3 is 0 Å². The Morgan fingerprint density at radius 3 is 2.47 bits per heavy atom. The van der Waals surface area contributed by atoms with Crippen LogP contribution >= 0.6 is 11.6 Å². The molecule has 0 aromatic heterocycles. The van der Waals surface area contributed by atoms with Gasteiger partial charge in [-0.2, -0.15) is 0 Å². The van der Waals surface area contributed by atoms with Crippen LogP contribution in [0.15, 0.2) is 30.3 Å². The maximum atomic E-state index is 6.05. The lowest BCUT2D eigenvalue weighted by atomic mass is 10.1. The predicted octanol–water partition coefficient (Wildman–Crippen LogP) is 4.29. The highest BCUT2D eigenvalue weighted by atomic mass is 35.5. The van der Waals surface area contributed by atoms with Gasteiger partial charge in [0.15, 0.2) is 0 Å². The molecule has 0 aliphatic heterocycles. The topological polar surface area (TPSA) is 47.3 Å². The van der Waals surface area contributed by atoms with E-state index in [1.54, 1.807) is 7.11 Å². The first-order valence-electron chi connectivity index (χ1n) is 5.98. The third-order valence-electron chi connectivity index (χ3n) is 3.02. The molecule has 0 fully saturated rings. The summed E-state index contributed by atoms with van der Waals surface area (Å²) in [5, 5.41) is 3.89. The summed E-state index contributed by atoms with van der Waals surface area (Å²) in [6.45, 7) is 4.00. The molecule has 19 heavy (non-hydrogen) atoms. The Labute approximate surface area is 118 Å². The smallest absolute Gasteiger partial charge is 0.121 e. The molecule has 2 rings (SSSR count). The SMILES string of the molecule is COc1ccc(Nc2cc(Cl)c(N)cc2C)cc1C. The zero-order chi connectivity index (χ0) is 14.0. The average molecular weight is 277 g/mol. The van der Waals surface area contributed by atoms with Crippen LogP contribution in [0.4, 0.5) is 17.1 Å². The van der Waals surface area contributed by atoms with Crippen molar-refractivity contribution in [3.63, 3.8) is 0 Å². The number of aryl methyl sites for hydroxylation is 2. The minimum atomic E-state index is 0.554. The predicted molar refractivity (Wildman–Crippen MR) is 81.6 cm³/mol. The van der Waals surface area contributed by atoms with E-state index in [9.17, 15) is 0 Å². The second kappa shape index (κ2) is 5.41. The number of methoxy groups -OCH3 is 1. The third-order valence-corrected chi connectivity index (χ3v) is 3.34. The molecule has 2 aromatic rings. The number of hydrogen-bond donors (Lipinski definition) is 2. The summed E-state index contributed by atoms with van der Waals surface area (Å²) < 4.78 is 5.24. The van der Waals surface area contributed by atoms with Crippen LogP contribution in [-0.4, -0.2) is 7.11 Å². The van der Waals surface area contributed by atoms with E-state index in [1.807, 2.05) is 44.2 Å². The fraction of sp³-hybridized carbons (Fsp3) is 0.200. The summed E-state index contributed by atoms with van der Waals surface area (Å²) in [7, 11) is 1.67. The molecule has 0 atom stereocenters. The van der Waals surface area contributed by atoms with Gasteiger partial charge in [0, 0.05) is 11.4 Å². The lowest BCUT2D eigenvalue weighted by molar-refractivity contribution is 0.412. The quantitative estimate of drug-likeness (QED) is 0.822. The normalized spacial score (nSPS) is 10.3. The maximum absolute atomic E-state index is 6.05. The van der Waals surface area contributed by atoms with Crippen molar-refractivity contribution in [1.82, 2.24) is 0 Å². The highest BCUT2D eigenvalue weighted by Gasteiger charge is 2.05. The zero-order valence-corrected chi connectivity index (χ0v) is 12.0. The minimum Gasteiger partial charge on any atom is -0.496 e. The molecule has 0 radical (unpaired) electrons. The van der Waals surface area contributed by atoms with Gasteiger partial charge in [0.05, 0.1) is 17.8 Å². The summed E-state index contributed by atoms with van der Waals surface area (Å²) in [6.07, 6.45) is 0. The Morgan fingerprint density at radius 1 is 1.11 bits per heavy atom. The van der Waals surface area contributed by atoms with Crippen molar-refractivity contribution in [3.05, 3.63) is 46.5 Å². The number of anilines is 3. The summed E-state index contributed by atoms with van der Waals surface area (Å²) in [5.74, 6) is 0.873. The van der Waals surface area contributed by atoms with E-state index < -0.39 is 0 Å². The molecular formula is C15H17ClN2O. The Bertz CT molecular complexity index is 611. The number of rotatable bonds is 3. The number of nitrogen functional groups attached to an aromatic ring is 1. The van der Waals surface area contributed by atoms with Crippen LogP contribution in [0.3, 0.4) is 0 Å². The standard InChI is InChI=1S/C15H17ClN2O/c1-9-7-13(17)12(16)8-14(9)18-11-4-5-15(19-3)10(2)6-11/h4-8,18H,17H2,1-3H3. The molecule has 0 heterocycles. The van der Waals surface area contributed by atoms with Crippen LogP contribution in [0.1, 0.15) is 11.1 Å². The van der Waals surface area contributed by atoms with Gasteiger partial charge in [0.2, 0.25) is 0 Å². The van der Waals surface area contributed by atoms with Crippen LogP contribution in [0, 0.1) is 13.8 Å². The van der Waals surface area contributed by atoms with Gasteiger partial charge in [-0.05, 0) is 55.3 Å². The lowest BCUT2D eigenvalue weighted by Crippen LogP contribution is -1.97. The van der Waals surface area contributed by atoms with Crippen LogP contribution in [0.5, 0.6) is 5.75 Å². The molecule has 2 aromatic carbocycles. The number of benzene rings is 2. The van der Waals surface area contributed by atoms with Gasteiger partial charge in [-0.25, -0.2) is 0 Å². The largest absolute Gasteiger partial charge is 0.496 e. The van der Waals surface area contributed by atoms with Crippen LogP contribution < -0.4 is 15.8 Å².